The number of aromatic nitrogens is 2. The normalized spacial score (nSPS) is 15.7. The van der Waals surface area contributed by atoms with Crippen LogP contribution < -0.4 is 15.1 Å². The Morgan fingerprint density at radius 2 is 1.45 bits per heavy atom. The summed E-state index contributed by atoms with van der Waals surface area (Å²) in [4.78, 5) is 14.8. The highest BCUT2D eigenvalue weighted by molar-refractivity contribution is 5.90. The van der Waals surface area contributed by atoms with Gasteiger partial charge in [0.05, 0.1) is 0 Å². The van der Waals surface area contributed by atoms with Gasteiger partial charge < -0.3 is 15.1 Å². The van der Waals surface area contributed by atoms with Crippen LogP contribution in [0.2, 0.25) is 0 Å². The molecule has 2 aliphatic rings. The van der Waals surface area contributed by atoms with Crippen molar-refractivity contribution in [3.8, 4) is 0 Å². The standard InChI is InChI=1S/C28H29N5/c1-20-11-13-24(14-12-20)29-25-17-26(32-15-3-2-4-16-32)31-28(30-25)33-18-22-9-5-7-21-8-6-10-23(19-33)27(21)22/h5-14,17H,2-4,15-16,18-19H2,1H3,(H,29,30,31). The molecule has 33 heavy (non-hydrogen) atoms. The van der Waals surface area contributed by atoms with Crippen molar-refractivity contribution in [2.75, 3.05) is 28.2 Å². The first-order valence-electron chi connectivity index (χ1n) is 12.0. The molecule has 1 fully saturated rings. The maximum atomic E-state index is 5.07. The van der Waals surface area contributed by atoms with Crippen LogP contribution in [-0.2, 0) is 13.1 Å². The molecule has 1 saturated heterocycles. The van der Waals surface area contributed by atoms with E-state index in [9.17, 15) is 0 Å². The minimum atomic E-state index is 0.791. The minimum Gasteiger partial charge on any atom is -0.356 e. The highest BCUT2D eigenvalue weighted by Crippen LogP contribution is 2.33. The van der Waals surface area contributed by atoms with E-state index in [1.165, 1.54) is 46.7 Å². The van der Waals surface area contributed by atoms with Crippen LogP contribution in [0, 0.1) is 6.92 Å². The van der Waals surface area contributed by atoms with Gasteiger partial charge in [-0.1, -0.05) is 54.1 Å². The third-order valence-corrected chi connectivity index (χ3v) is 6.79. The van der Waals surface area contributed by atoms with Gasteiger partial charge in [-0.25, -0.2) is 0 Å². The largest absolute Gasteiger partial charge is 0.356 e. The summed E-state index contributed by atoms with van der Waals surface area (Å²) in [5.41, 5.74) is 4.98. The lowest BCUT2D eigenvalue weighted by atomic mass is 9.95. The van der Waals surface area contributed by atoms with Gasteiger partial charge in [0.15, 0.2) is 0 Å². The molecule has 0 unspecified atom stereocenters. The average molecular weight is 436 g/mol. The van der Waals surface area contributed by atoms with Crippen molar-refractivity contribution in [2.24, 2.45) is 0 Å². The van der Waals surface area contributed by atoms with Crippen molar-refractivity contribution < 1.29 is 0 Å². The summed E-state index contributed by atoms with van der Waals surface area (Å²) in [6, 6.07) is 23.7. The van der Waals surface area contributed by atoms with Gasteiger partial charge in [-0.2, -0.15) is 9.97 Å². The van der Waals surface area contributed by atoms with Gasteiger partial charge in [-0.15, -0.1) is 0 Å². The van der Waals surface area contributed by atoms with Gasteiger partial charge in [-0.05, 0) is 60.2 Å². The summed E-state index contributed by atoms with van der Waals surface area (Å²) in [6.45, 7) is 5.87. The van der Waals surface area contributed by atoms with E-state index < -0.39 is 0 Å². The lowest BCUT2D eigenvalue weighted by Crippen LogP contribution is -2.32. The first-order valence-corrected chi connectivity index (χ1v) is 12.0. The molecule has 166 valence electrons. The second-order valence-electron chi connectivity index (χ2n) is 9.24. The monoisotopic (exact) mass is 435 g/mol. The number of anilines is 4. The Morgan fingerprint density at radius 3 is 2.15 bits per heavy atom. The predicted octanol–water partition coefficient (Wildman–Crippen LogP) is 6.19. The van der Waals surface area contributed by atoms with E-state index in [0.717, 1.165) is 49.5 Å². The van der Waals surface area contributed by atoms with Gasteiger partial charge >= 0.3 is 0 Å². The Balaban J connectivity index is 1.38. The van der Waals surface area contributed by atoms with Gasteiger partial charge in [0.2, 0.25) is 5.95 Å². The fourth-order valence-electron chi connectivity index (χ4n) is 5.07. The number of aryl methyl sites for hydroxylation is 1. The van der Waals surface area contributed by atoms with Gasteiger partial charge in [-0.3, -0.25) is 0 Å². The lowest BCUT2D eigenvalue weighted by Gasteiger charge is -2.32. The maximum Gasteiger partial charge on any atom is 0.229 e. The van der Waals surface area contributed by atoms with E-state index >= 15 is 0 Å². The first-order chi connectivity index (χ1) is 16.2. The van der Waals surface area contributed by atoms with Crippen molar-refractivity contribution in [2.45, 2.75) is 39.3 Å². The van der Waals surface area contributed by atoms with E-state index in [-0.39, 0.29) is 0 Å². The van der Waals surface area contributed by atoms with Crippen molar-refractivity contribution in [3.63, 3.8) is 0 Å². The van der Waals surface area contributed by atoms with Crippen LogP contribution in [-0.4, -0.2) is 23.1 Å². The molecular weight excluding hydrogens is 406 g/mol. The molecule has 0 spiro atoms. The fraction of sp³-hybridized carbons (Fsp3) is 0.286. The molecule has 1 aromatic heterocycles. The summed E-state index contributed by atoms with van der Waals surface area (Å²) >= 11 is 0. The molecular formula is C28H29N5. The summed E-state index contributed by atoms with van der Waals surface area (Å²) in [7, 11) is 0. The van der Waals surface area contributed by atoms with E-state index in [1.54, 1.807) is 0 Å². The number of nitrogens with zero attached hydrogens (tertiary/aromatic N) is 4. The van der Waals surface area contributed by atoms with Gasteiger partial charge in [0.1, 0.15) is 11.6 Å². The van der Waals surface area contributed by atoms with Crippen molar-refractivity contribution >= 4 is 34.0 Å². The van der Waals surface area contributed by atoms with Crippen molar-refractivity contribution in [1.82, 2.24) is 9.97 Å². The second kappa shape index (κ2) is 8.39. The maximum absolute atomic E-state index is 5.07. The zero-order valence-corrected chi connectivity index (χ0v) is 19.1. The van der Waals surface area contributed by atoms with Gasteiger partial charge in [0.25, 0.3) is 0 Å². The summed E-state index contributed by atoms with van der Waals surface area (Å²) in [5.74, 6) is 2.66. The van der Waals surface area contributed by atoms with Crippen LogP contribution in [0.15, 0.2) is 66.7 Å². The average Bonchev–Trinajstić information content (AvgIpc) is 2.86. The molecule has 5 heteroatoms. The molecule has 4 aromatic rings. The SMILES string of the molecule is Cc1ccc(Nc2cc(N3CCCCC3)nc(N3Cc4cccc5cccc(c45)C3)n2)cc1. The Bertz CT molecular complexity index is 1250. The quantitative estimate of drug-likeness (QED) is 0.414. The summed E-state index contributed by atoms with van der Waals surface area (Å²) < 4.78 is 0. The zero-order valence-electron chi connectivity index (χ0n) is 19.1. The van der Waals surface area contributed by atoms with E-state index in [1.807, 2.05) is 0 Å². The van der Waals surface area contributed by atoms with Crippen LogP contribution in [0.5, 0.6) is 0 Å². The Hall–Kier alpha value is -3.60. The lowest BCUT2D eigenvalue weighted by molar-refractivity contribution is 0.572. The number of hydrogen-bond acceptors (Lipinski definition) is 5. The predicted molar refractivity (Wildman–Crippen MR) is 136 cm³/mol. The molecule has 0 radical (unpaired) electrons. The van der Waals surface area contributed by atoms with Crippen LogP contribution in [0.3, 0.4) is 0 Å². The van der Waals surface area contributed by atoms with Crippen LogP contribution >= 0.6 is 0 Å². The molecule has 1 N–H and O–H groups in total. The number of rotatable bonds is 4. The number of benzene rings is 3. The molecule has 0 bridgehead atoms. The highest BCUT2D eigenvalue weighted by Gasteiger charge is 2.23. The number of nitrogens with one attached hydrogen (secondary N) is 1. The molecule has 3 heterocycles. The molecule has 0 saturated carbocycles. The molecule has 5 nitrogen and oxygen atoms in total. The molecule has 2 aliphatic heterocycles. The van der Waals surface area contributed by atoms with Crippen LogP contribution in [0.1, 0.15) is 36.0 Å². The Morgan fingerprint density at radius 1 is 0.758 bits per heavy atom. The third-order valence-electron chi connectivity index (χ3n) is 6.79. The van der Waals surface area contributed by atoms with E-state index in [0.29, 0.717) is 0 Å². The Labute approximate surface area is 195 Å². The molecule has 0 aliphatic carbocycles. The van der Waals surface area contributed by atoms with Crippen LogP contribution in [0.4, 0.5) is 23.3 Å². The minimum absolute atomic E-state index is 0.791. The summed E-state index contributed by atoms with van der Waals surface area (Å²) in [6.07, 6.45) is 3.74. The smallest absolute Gasteiger partial charge is 0.229 e. The van der Waals surface area contributed by atoms with E-state index in [2.05, 4.69) is 88.8 Å². The second-order valence-corrected chi connectivity index (χ2v) is 9.24. The van der Waals surface area contributed by atoms with E-state index in [4.69, 9.17) is 9.97 Å². The topological polar surface area (TPSA) is 44.3 Å². The molecule has 3 aromatic carbocycles. The first kappa shape index (κ1) is 20.0. The summed E-state index contributed by atoms with van der Waals surface area (Å²) in [5, 5.41) is 6.23. The molecule has 0 amide bonds. The van der Waals surface area contributed by atoms with Crippen molar-refractivity contribution in [1.29, 1.82) is 0 Å². The molecule has 6 rings (SSSR count). The number of hydrogen-bond donors (Lipinski definition) is 1. The third kappa shape index (κ3) is 3.99. The van der Waals surface area contributed by atoms with Gasteiger partial charge in [0, 0.05) is 37.9 Å². The Kier molecular flexibility index (Phi) is 5.10. The van der Waals surface area contributed by atoms with Crippen molar-refractivity contribution in [3.05, 3.63) is 83.4 Å². The van der Waals surface area contributed by atoms with Crippen LogP contribution in [0.25, 0.3) is 10.8 Å². The zero-order chi connectivity index (χ0) is 22.2. The fourth-order valence-corrected chi connectivity index (χ4v) is 5.07. The number of piperidine rings is 1. The highest BCUT2D eigenvalue weighted by atomic mass is 15.3. The molecule has 0 atom stereocenters.